The molecule has 0 unspecified atom stereocenters. The van der Waals surface area contributed by atoms with Crippen molar-refractivity contribution in [1.29, 1.82) is 0 Å². The number of hydrogen-bond acceptors (Lipinski definition) is 7. The molecule has 3 N–H and O–H groups in total. The van der Waals surface area contributed by atoms with Gasteiger partial charge in [0.1, 0.15) is 16.9 Å². The van der Waals surface area contributed by atoms with Gasteiger partial charge in [-0.3, -0.25) is 9.11 Å². The lowest BCUT2D eigenvalue weighted by Gasteiger charge is -2.50. The molecule has 0 atom stereocenters. The van der Waals surface area contributed by atoms with Crippen LogP contribution in [0.1, 0.15) is 52.4 Å². The van der Waals surface area contributed by atoms with Gasteiger partial charge in [0.15, 0.2) is 0 Å². The van der Waals surface area contributed by atoms with Gasteiger partial charge in [0.25, 0.3) is 0 Å². The Balaban J connectivity index is 2.28. The van der Waals surface area contributed by atoms with E-state index in [9.17, 15) is 18.3 Å². The number of fused-ring (bicyclic) bond motifs is 1. The zero-order valence-electron chi connectivity index (χ0n) is 21.8. The summed E-state index contributed by atoms with van der Waals surface area (Å²) in [6.07, 6.45) is 7.77. The number of benzene rings is 2. The first-order chi connectivity index (χ1) is 17.6. The average molecular weight is 553 g/mol. The molecule has 1 aliphatic heterocycles. The lowest BCUT2D eigenvalue weighted by atomic mass is 9.86. The summed E-state index contributed by atoms with van der Waals surface area (Å²) in [6, 6.07) is 13.2. The van der Waals surface area contributed by atoms with Gasteiger partial charge in [-0.1, -0.05) is 57.7 Å². The van der Waals surface area contributed by atoms with E-state index in [2.05, 4.69) is 18.7 Å². The number of nitrogens with zero attached hydrogens (tertiary/aromatic N) is 2. The molecule has 0 aliphatic carbocycles. The normalized spacial score (nSPS) is 18.1. The van der Waals surface area contributed by atoms with E-state index in [4.69, 9.17) is 9.84 Å². The van der Waals surface area contributed by atoms with Crippen LogP contribution in [0, 0.1) is 0 Å². The highest BCUT2D eigenvalue weighted by Gasteiger charge is 2.47. The van der Waals surface area contributed by atoms with Crippen molar-refractivity contribution >= 4 is 39.9 Å². The van der Waals surface area contributed by atoms with E-state index >= 15 is 0 Å². The van der Waals surface area contributed by atoms with Gasteiger partial charge in [-0.2, -0.15) is 8.70 Å². The highest BCUT2D eigenvalue weighted by Crippen LogP contribution is 2.63. The molecule has 37 heavy (non-hydrogen) atoms. The van der Waals surface area contributed by atoms with Crippen LogP contribution in [0.2, 0.25) is 0 Å². The minimum Gasteiger partial charge on any atom is -0.476 e. The van der Waals surface area contributed by atoms with E-state index in [1.54, 1.807) is 11.4 Å². The Labute approximate surface area is 224 Å². The summed E-state index contributed by atoms with van der Waals surface area (Å²) in [5.41, 5.74) is 1.03. The van der Waals surface area contributed by atoms with Crippen LogP contribution in [0.5, 0.6) is 5.75 Å². The number of anilines is 2. The van der Waals surface area contributed by atoms with Gasteiger partial charge in [0.05, 0.1) is 16.1 Å². The Hall–Kier alpha value is -2.24. The zero-order valence-corrected chi connectivity index (χ0v) is 23.4. The fourth-order valence-corrected chi connectivity index (χ4v) is 7.05. The zero-order chi connectivity index (χ0) is 27.2. The monoisotopic (exact) mass is 552 g/mol. The third-order valence-corrected chi connectivity index (χ3v) is 9.71. The number of ether oxygens (including phenoxy) is 1. The molecule has 0 radical (unpaired) electrons. The predicted molar refractivity (Wildman–Crippen MR) is 150 cm³/mol. The summed E-state index contributed by atoms with van der Waals surface area (Å²) in [5.74, 6) is -3.04. The molecule has 10 heteroatoms. The molecule has 1 heterocycles. The highest BCUT2D eigenvalue weighted by atomic mass is 32.3. The number of thioether (sulfide) groups is 1. The van der Waals surface area contributed by atoms with Gasteiger partial charge >= 0.3 is 5.97 Å². The van der Waals surface area contributed by atoms with Gasteiger partial charge in [0, 0.05) is 25.3 Å². The number of aliphatic carboxylic acids is 1. The van der Waals surface area contributed by atoms with E-state index in [1.807, 2.05) is 42.7 Å². The molecule has 0 saturated carbocycles. The summed E-state index contributed by atoms with van der Waals surface area (Å²) in [6.45, 7) is 4.81. The van der Waals surface area contributed by atoms with Crippen LogP contribution in [-0.2, 0) is 4.79 Å². The fraction of sp³-hybridized carbons (Fsp3) is 0.444. The van der Waals surface area contributed by atoms with Gasteiger partial charge in [-0.25, -0.2) is 4.79 Å². The number of hydrogen-bond donors (Lipinski definition) is 3. The number of likely N-dealkylation sites (N-methyl/N-ethyl adjacent to an activating group) is 1. The smallest absolute Gasteiger partial charge is 0.368 e. The quantitative estimate of drug-likeness (QED) is 0.147. The Morgan fingerprint density at radius 1 is 1.16 bits per heavy atom. The molecule has 0 amide bonds. The minimum atomic E-state index is -3.50. The molecule has 2 aromatic carbocycles. The molecule has 0 bridgehead atoms. The molecule has 2 aromatic rings. The van der Waals surface area contributed by atoms with Crippen molar-refractivity contribution in [3.8, 4) is 5.75 Å². The Morgan fingerprint density at radius 2 is 1.78 bits per heavy atom. The van der Waals surface area contributed by atoms with Crippen LogP contribution < -0.4 is 9.64 Å². The fourth-order valence-electron chi connectivity index (χ4n) is 4.72. The van der Waals surface area contributed by atoms with Gasteiger partial charge in [0.2, 0.25) is 5.83 Å². The maximum Gasteiger partial charge on any atom is 0.368 e. The number of unbranched alkanes of at least 4 members (excludes halogenated alkanes) is 2. The molecule has 204 valence electrons. The Morgan fingerprint density at radius 3 is 2.32 bits per heavy atom. The second kappa shape index (κ2) is 12.5. The topological polar surface area (TPSA) is 93.5 Å². The highest BCUT2D eigenvalue weighted by molar-refractivity contribution is 8.22. The molecule has 7 nitrogen and oxygen atoms in total. The largest absolute Gasteiger partial charge is 0.476 e. The molecule has 1 aliphatic rings. The van der Waals surface area contributed by atoms with E-state index in [-0.39, 0.29) is 10.6 Å². The Bertz CT molecular complexity index is 1110. The number of carbonyl (C=O) groups is 1. The summed E-state index contributed by atoms with van der Waals surface area (Å²) in [4.78, 5) is 13.9. The van der Waals surface area contributed by atoms with Crippen LogP contribution in [0.15, 0.2) is 64.3 Å². The van der Waals surface area contributed by atoms with Gasteiger partial charge < -0.3 is 14.7 Å². The lowest BCUT2D eigenvalue weighted by Crippen LogP contribution is -2.52. The maximum absolute atomic E-state index is 13.7. The van der Waals surface area contributed by atoms with Crippen molar-refractivity contribution < 1.29 is 28.1 Å². The number of carboxylic acids is 1. The number of para-hydroxylation sites is 1. The van der Waals surface area contributed by atoms with Crippen molar-refractivity contribution in [3.05, 3.63) is 54.6 Å². The molecule has 0 spiro atoms. The van der Waals surface area contributed by atoms with E-state index < -0.39 is 28.1 Å². The second-order valence-electron chi connectivity index (χ2n) is 9.23. The average Bonchev–Trinajstić information content (AvgIpc) is 2.97. The van der Waals surface area contributed by atoms with Crippen LogP contribution >= 0.6 is 22.5 Å². The lowest BCUT2D eigenvalue weighted by molar-refractivity contribution is -0.134. The van der Waals surface area contributed by atoms with Crippen LogP contribution in [0.3, 0.4) is 0 Å². The third kappa shape index (κ3) is 6.26. The molecular weight excluding hydrogens is 515 g/mol. The molecule has 3 rings (SSSR count). The van der Waals surface area contributed by atoms with Gasteiger partial charge in [-0.05, 0) is 37.3 Å². The standard InChI is InChI=1S/C27H37FN2O5S2/c1-5-7-14-27(15-8-6-2)19-30(20-12-10-9-11-13-20)22-16-24(36-4)23(35-18-21(28)26(31)32)17-25(22)37(33,34)29(27)3/h9-13,16-18,33-34H,5-8,14-15,19H2,1-4H3,(H,31,32). The predicted octanol–water partition coefficient (Wildman–Crippen LogP) is 7.91. The SMILES string of the molecule is CCCCC1(CCCC)CN(c2ccccc2)c2cc(SC)c(OC=C(F)C(=O)O)cc2S(O)(O)N1C. The molecular formula is C27H37FN2O5S2. The first-order valence-corrected chi connectivity index (χ1v) is 15.2. The van der Waals surface area contributed by atoms with E-state index in [0.717, 1.165) is 44.2 Å². The second-order valence-corrected chi connectivity index (χ2v) is 12.1. The molecule has 0 saturated heterocycles. The minimum absolute atomic E-state index is 0.152. The summed E-state index contributed by atoms with van der Waals surface area (Å²) in [7, 11) is -1.73. The molecule has 0 fully saturated rings. The Kier molecular flexibility index (Phi) is 9.93. The van der Waals surface area contributed by atoms with E-state index in [1.165, 1.54) is 17.8 Å². The summed E-state index contributed by atoms with van der Waals surface area (Å²) in [5, 5.41) is 8.88. The third-order valence-electron chi connectivity index (χ3n) is 6.89. The number of carboxylic acid groups (broad SMARTS) is 1. The van der Waals surface area contributed by atoms with Crippen LogP contribution in [0.25, 0.3) is 0 Å². The van der Waals surface area contributed by atoms with Crippen molar-refractivity contribution in [3.63, 3.8) is 0 Å². The van der Waals surface area contributed by atoms with Crippen molar-refractivity contribution in [1.82, 2.24) is 4.31 Å². The van der Waals surface area contributed by atoms with Crippen molar-refractivity contribution in [2.24, 2.45) is 0 Å². The summed E-state index contributed by atoms with van der Waals surface area (Å²) < 4.78 is 44.5. The van der Waals surface area contributed by atoms with Crippen LogP contribution in [-0.4, -0.2) is 49.9 Å². The number of rotatable bonds is 11. The first kappa shape index (κ1) is 29.3. The van der Waals surface area contributed by atoms with Crippen molar-refractivity contribution in [2.75, 3.05) is 24.7 Å². The number of halogens is 1. The van der Waals surface area contributed by atoms with Crippen molar-refractivity contribution in [2.45, 2.75) is 67.7 Å². The maximum atomic E-state index is 13.7. The first-order valence-electron chi connectivity index (χ1n) is 12.4. The van der Waals surface area contributed by atoms with E-state index in [0.29, 0.717) is 23.4 Å². The van der Waals surface area contributed by atoms with Gasteiger partial charge in [-0.15, -0.1) is 22.5 Å². The summed E-state index contributed by atoms with van der Waals surface area (Å²) >= 11 is 1.34. The van der Waals surface area contributed by atoms with Crippen LogP contribution in [0.4, 0.5) is 15.8 Å². The molecule has 0 aromatic heterocycles.